The van der Waals surface area contributed by atoms with Crippen LogP contribution in [0.25, 0.3) is 0 Å². The summed E-state index contributed by atoms with van der Waals surface area (Å²) in [5.74, 6) is -1.10. The Morgan fingerprint density at radius 1 is 1.14 bits per heavy atom. The van der Waals surface area contributed by atoms with E-state index in [0.717, 1.165) is 0 Å². The third-order valence-corrected chi connectivity index (χ3v) is 6.07. The molecule has 9 nitrogen and oxygen atoms in total. The predicted molar refractivity (Wildman–Crippen MR) is 99.9 cm³/mol. The van der Waals surface area contributed by atoms with Gasteiger partial charge in [-0.05, 0) is 47.5 Å². The Kier molecular flexibility index (Phi) is 5.37. The summed E-state index contributed by atoms with van der Waals surface area (Å²) in [5.41, 5.74) is -0.607. The molecule has 2 bridgehead atoms. The number of amides is 1. The van der Waals surface area contributed by atoms with Gasteiger partial charge in [-0.2, -0.15) is 0 Å². The molecule has 0 aromatic rings. The van der Waals surface area contributed by atoms with Gasteiger partial charge in [0, 0.05) is 5.92 Å². The fourth-order valence-electron chi connectivity index (χ4n) is 4.87. The van der Waals surface area contributed by atoms with Crippen LogP contribution in [0.4, 0.5) is 4.79 Å². The first-order chi connectivity index (χ1) is 13.5. The van der Waals surface area contributed by atoms with Crippen molar-refractivity contribution in [2.75, 3.05) is 13.2 Å². The van der Waals surface area contributed by atoms with E-state index in [1.807, 2.05) is 34.6 Å². The highest BCUT2D eigenvalue weighted by Gasteiger charge is 2.55. The van der Waals surface area contributed by atoms with E-state index in [-0.39, 0.29) is 24.9 Å². The summed E-state index contributed by atoms with van der Waals surface area (Å²) in [4.78, 5) is 14.5. The molecule has 0 radical (unpaired) electrons. The zero-order chi connectivity index (χ0) is 21.1. The van der Waals surface area contributed by atoms with Crippen LogP contribution in [0.5, 0.6) is 0 Å². The third kappa shape index (κ3) is 4.13. The second-order valence-corrected chi connectivity index (χ2v) is 9.94. The van der Waals surface area contributed by atoms with Gasteiger partial charge < -0.3 is 33.9 Å². The Morgan fingerprint density at radius 3 is 2.55 bits per heavy atom. The van der Waals surface area contributed by atoms with Gasteiger partial charge in [0.25, 0.3) is 0 Å². The summed E-state index contributed by atoms with van der Waals surface area (Å²) in [7, 11) is 0. The summed E-state index contributed by atoms with van der Waals surface area (Å²) in [5, 5.41) is 21.1. The van der Waals surface area contributed by atoms with E-state index < -0.39 is 48.0 Å². The van der Waals surface area contributed by atoms with Crippen molar-refractivity contribution in [3.05, 3.63) is 0 Å². The van der Waals surface area contributed by atoms with Crippen LogP contribution in [0.1, 0.15) is 47.5 Å². The lowest BCUT2D eigenvalue weighted by Gasteiger charge is -2.37. The van der Waals surface area contributed by atoms with Crippen LogP contribution in [0.2, 0.25) is 0 Å². The summed E-state index contributed by atoms with van der Waals surface area (Å²) >= 11 is 0. The highest BCUT2D eigenvalue weighted by molar-refractivity contribution is 5.69. The SMILES string of the molecule is CC(C)(C)OC(=O)N1CC2OC(C)(C)OC2[C@@H]1CCC1C(O)[C@@H]2OCC(O2)[C@@H]1O. The van der Waals surface area contributed by atoms with Crippen LogP contribution < -0.4 is 0 Å². The van der Waals surface area contributed by atoms with Crippen molar-refractivity contribution in [1.82, 2.24) is 4.90 Å². The fourth-order valence-corrected chi connectivity index (χ4v) is 4.87. The topological polar surface area (TPSA) is 107 Å². The third-order valence-electron chi connectivity index (χ3n) is 6.07. The lowest BCUT2D eigenvalue weighted by atomic mass is 9.85. The molecule has 0 aromatic heterocycles. The number of ether oxygens (including phenoxy) is 5. The van der Waals surface area contributed by atoms with E-state index in [9.17, 15) is 15.0 Å². The molecule has 4 aliphatic rings. The van der Waals surface area contributed by atoms with Gasteiger partial charge in [-0.15, -0.1) is 0 Å². The lowest BCUT2D eigenvalue weighted by Crippen LogP contribution is -2.51. The number of hydrogen-bond acceptors (Lipinski definition) is 8. The maximum atomic E-state index is 12.8. The molecule has 9 heteroatoms. The maximum Gasteiger partial charge on any atom is 0.410 e. The standard InChI is InChI=1S/C20H33NO8/c1-19(2,3)29-18(24)21-8-12-16(28-20(4,5)27-12)11(21)7-6-10-14(22)13-9-25-17(26-13)15(10)23/h10-17,22-23H,6-9H2,1-5H3/t10?,11-,12?,13?,14+,15?,16?,17+/m0/s1. The molecule has 0 aromatic carbocycles. The minimum absolute atomic E-state index is 0.230. The number of likely N-dealkylation sites (tertiary alicyclic amines) is 1. The van der Waals surface area contributed by atoms with Crippen LogP contribution in [-0.4, -0.2) is 88.6 Å². The van der Waals surface area contributed by atoms with Crippen molar-refractivity contribution in [2.45, 2.75) is 102 Å². The van der Waals surface area contributed by atoms with Crippen molar-refractivity contribution in [3.8, 4) is 0 Å². The molecule has 4 aliphatic heterocycles. The Bertz CT molecular complexity index is 618. The predicted octanol–water partition coefficient (Wildman–Crippen LogP) is 0.999. The molecule has 1 amide bonds. The van der Waals surface area contributed by atoms with Crippen LogP contribution in [0.3, 0.4) is 0 Å². The molecule has 0 spiro atoms. The summed E-state index contributed by atoms with van der Waals surface area (Å²) in [6.45, 7) is 9.89. The van der Waals surface area contributed by atoms with Crippen molar-refractivity contribution in [2.24, 2.45) is 5.92 Å². The van der Waals surface area contributed by atoms with E-state index in [2.05, 4.69) is 0 Å². The number of carbonyl (C=O) groups is 1. The minimum atomic E-state index is -0.909. The molecule has 166 valence electrons. The van der Waals surface area contributed by atoms with Crippen molar-refractivity contribution in [1.29, 1.82) is 0 Å². The van der Waals surface area contributed by atoms with Crippen molar-refractivity contribution >= 4 is 6.09 Å². The molecule has 4 heterocycles. The largest absolute Gasteiger partial charge is 0.444 e. The van der Waals surface area contributed by atoms with E-state index in [1.165, 1.54) is 0 Å². The first-order valence-electron chi connectivity index (χ1n) is 10.4. The van der Waals surface area contributed by atoms with Gasteiger partial charge in [-0.25, -0.2) is 4.79 Å². The van der Waals surface area contributed by atoms with Crippen LogP contribution >= 0.6 is 0 Å². The Labute approximate surface area is 171 Å². The molecule has 29 heavy (non-hydrogen) atoms. The van der Waals surface area contributed by atoms with Gasteiger partial charge in [0.2, 0.25) is 0 Å². The lowest BCUT2D eigenvalue weighted by molar-refractivity contribution is -0.211. The average Bonchev–Trinajstić information content (AvgIpc) is 3.23. The second kappa shape index (κ2) is 7.32. The molecule has 8 atom stereocenters. The molecule has 0 aliphatic carbocycles. The Morgan fingerprint density at radius 2 is 1.86 bits per heavy atom. The molecular weight excluding hydrogens is 382 g/mol. The molecular formula is C20H33NO8. The smallest absolute Gasteiger partial charge is 0.410 e. The van der Waals surface area contributed by atoms with Gasteiger partial charge in [-0.3, -0.25) is 4.90 Å². The van der Waals surface area contributed by atoms with Crippen LogP contribution in [0, 0.1) is 5.92 Å². The number of fused-ring (bicyclic) bond motifs is 3. The Hall–Kier alpha value is -0.970. The highest BCUT2D eigenvalue weighted by Crippen LogP contribution is 2.41. The summed E-state index contributed by atoms with van der Waals surface area (Å²) in [6, 6.07) is -0.266. The fraction of sp³-hybridized carbons (Fsp3) is 0.950. The minimum Gasteiger partial charge on any atom is -0.444 e. The molecule has 2 N–H and O–H groups in total. The van der Waals surface area contributed by atoms with E-state index in [0.29, 0.717) is 19.4 Å². The number of hydrogen-bond donors (Lipinski definition) is 2. The second-order valence-electron chi connectivity index (χ2n) is 9.94. The van der Waals surface area contributed by atoms with E-state index in [1.54, 1.807) is 4.90 Å². The van der Waals surface area contributed by atoms with E-state index in [4.69, 9.17) is 23.7 Å². The number of rotatable bonds is 3. The van der Waals surface area contributed by atoms with Gasteiger partial charge in [0.05, 0.1) is 25.3 Å². The number of nitrogens with zero attached hydrogens (tertiary/aromatic N) is 1. The van der Waals surface area contributed by atoms with Gasteiger partial charge in [0.15, 0.2) is 12.1 Å². The van der Waals surface area contributed by atoms with Crippen molar-refractivity contribution < 1.29 is 38.7 Å². The van der Waals surface area contributed by atoms with E-state index >= 15 is 0 Å². The summed E-state index contributed by atoms with van der Waals surface area (Å²) in [6.07, 6.45) is -2.71. The summed E-state index contributed by atoms with van der Waals surface area (Å²) < 4.78 is 28.6. The number of aliphatic hydroxyl groups excluding tert-OH is 2. The van der Waals surface area contributed by atoms with Gasteiger partial charge in [0.1, 0.15) is 30.0 Å². The van der Waals surface area contributed by atoms with Crippen LogP contribution in [0.15, 0.2) is 0 Å². The maximum absolute atomic E-state index is 12.8. The normalized spacial score (nSPS) is 43.5. The number of aliphatic hydroxyl groups is 2. The first kappa shape index (κ1) is 21.3. The monoisotopic (exact) mass is 415 g/mol. The highest BCUT2D eigenvalue weighted by atomic mass is 16.8. The molecule has 4 fully saturated rings. The van der Waals surface area contributed by atoms with Crippen LogP contribution in [-0.2, 0) is 23.7 Å². The van der Waals surface area contributed by atoms with Gasteiger partial charge >= 0.3 is 6.09 Å². The average molecular weight is 415 g/mol. The molecule has 5 unspecified atom stereocenters. The zero-order valence-electron chi connectivity index (χ0n) is 17.7. The molecule has 4 rings (SSSR count). The molecule has 4 saturated heterocycles. The quantitative estimate of drug-likeness (QED) is 0.703. The Balaban J connectivity index is 1.47. The van der Waals surface area contributed by atoms with Crippen molar-refractivity contribution in [3.63, 3.8) is 0 Å². The first-order valence-corrected chi connectivity index (χ1v) is 10.4. The molecule has 0 saturated carbocycles. The zero-order valence-corrected chi connectivity index (χ0v) is 17.7. The van der Waals surface area contributed by atoms with Gasteiger partial charge in [-0.1, -0.05) is 0 Å². The number of carbonyl (C=O) groups excluding carboxylic acids is 1.